The summed E-state index contributed by atoms with van der Waals surface area (Å²) in [5, 5.41) is 37.2. The van der Waals surface area contributed by atoms with Gasteiger partial charge in [-0.2, -0.15) is 0 Å². The Morgan fingerprint density at radius 2 is 1.09 bits per heavy atom. The number of aromatic amines is 3. The number of halogens is 2. The predicted octanol–water partition coefficient (Wildman–Crippen LogP) is 6.34. The first kappa shape index (κ1) is 68.5. The maximum atomic E-state index is 11.7. The fourth-order valence-corrected chi connectivity index (χ4v) is 10.7. The number of H-pyrrole nitrogens is 3. The number of aliphatic hydroxyl groups excluding tert-OH is 1. The van der Waals surface area contributed by atoms with Crippen LogP contribution in [-0.4, -0.2) is 98.5 Å². The summed E-state index contributed by atoms with van der Waals surface area (Å²) in [6, 6.07) is 23.7. The smallest absolute Gasteiger partial charge is 0.341 e. The number of aliphatic carboxylic acids is 3. The second-order valence-electron chi connectivity index (χ2n) is 17.7. The summed E-state index contributed by atoms with van der Waals surface area (Å²) in [6.07, 6.45) is 7.13. The number of hydrogen-bond acceptors (Lipinski definition) is 20. The Hall–Kier alpha value is -9.58. The van der Waals surface area contributed by atoms with E-state index in [0.29, 0.717) is 96.7 Å². The van der Waals surface area contributed by atoms with Crippen LogP contribution >= 0.6 is 73.3 Å². The van der Waals surface area contributed by atoms with Gasteiger partial charge in [-0.15, -0.1) is 34.0 Å². The zero-order valence-electron chi connectivity index (χ0n) is 46.8. The molecule has 0 unspecified atom stereocenters. The van der Waals surface area contributed by atoms with Crippen molar-refractivity contribution in [3.8, 4) is 34.5 Å². The van der Waals surface area contributed by atoms with E-state index >= 15 is 0 Å². The highest BCUT2D eigenvalue weighted by molar-refractivity contribution is 9.10. The standard InChI is InChI=1S/C18H15NO6S.C16H17NO5S.C13H10BrNO4S.C13H10ClNO4S/c1-10(20)13-6-4-12(25-13)9-24-14-5-3-11(7-15(14)23-2)8-16-17(21)19-18(22)26-16;1-10-17-16(20)14(23-10)9-11-5-6-12(13(8-11)21-2)22-7-3-4-15(18)19;1-7-15-13(18)11(20-7)5-8-4-9(14)2-3-10(8)19-6-12(16)17;1-7-15-13(18)11(20-7)5-8-2-3-10(9(14)4-8)19-6-12(16)17/h3-8,20H,1,9H2,2H3,(H,19,21,22);5-6,8-9H,1,3-4,7H2,2H3,(H,17,20)(H,18,19);2*2-5H,1,6H2,(H,15,18)(H,16,17)/b16-8+;14-9-;2*11-5-. The summed E-state index contributed by atoms with van der Waals surface area (Å²) in [7, 11) is 3.02. The third-order valence-electron chi connectivity index (χ3n) is 11.1. The van der Waals surface area contributed by atoms with Gasteiger partial charge in [0.25, 0.3) is 27.8 Å². The van der Waals surface area contributed by atoms with Crippen LogP contribution in [0.25, 0.3) is 49.8 Å². The molecule has 0 bridgehead atoms. The van der Waals surface area contributed by atoms with Crippen molar-refractivity contribution in [3.05, 3.63) is 198 Å². The number of carboxylic acids is 3. The monoisotopic (exact) mass is 1370 g/mol. The van der Waals surface area contributed by atoms with Crippen molar-refractivity contribution in [2.45, 2.75) is 19.4 Å². The van der Waals surface area contributed by atoms with Gasteiger partial charge in [-0.25, -0.2) is 9.59 Å². The maximum Gasteiger partial charge on any atom is 0.341 e. The topological polar surface area (TPSA) is 345 Å². The molecule has 89 heavy (non-hydrogen) atoms. The zero-order chi connectivity index (χ0) is 64.9. The summed E-state index contributed by atoms with van der Waals surface area (Å²) in [5.74, 6) is -0.0861. The van der Waals surface area contributed by atoms with E-state index in [2.05, 4.69) is 62.5 Å². The molecule has 0 spiro atoms. The van der Waals surface area contributed by atoms with Gasteiger partial charge < -0.3 is 68.2 Å². The van der Waals surface area contributed by atoms with E-state index in [1.54, 1.807) is 109 Å². The second kappa shape index (κ2) is 33.0. The molecule has 23 nitrogen and oxygen atoms in total. The largest absolute Gasteiger partial charge is 0.505 e. The first-order chi connectivity index (χ1) is 42.4. The number of amides is 2. The van der Waals surface area contributed by atoms with Crippen molar-refractivity contribution in [3.63, 3.8) is 0 Å². The number of thiazole rings is 3. The SMILES string of the molecule is C=C(O)c1ccc(COc2ccc(/C=C3/SC(=O)NC3=O)cc2OC)o1.C=c1[nH]c(=O)/c(=C/c2cc(Br)ccc2OCC(=O)O)s1.C=c1[nH]c(=O)/c(=C/c2ccc(OCC(=O)O)c(Cl)c2)s1.C=c1[nH]c(=O)/c(=C/c2ccc(OCCCC(=O)O)c(OC)c2)s1. The molecule has 5 heterocycles. The van der Waals surface area contributed by atoms with E-state index in [-0.39, 0.29) is 52.0 Å². The first-order valence-corrected chi connectivity index (χ1v) is 29.8. The van der Waals surface area contributed by atoms with Gasteiger partial charge in [0, 0.05) is 16.5 Å². The lowest BCUT2D eigenvalue weighted by Gasteiger charge is -2.10. The number of hydrogen-bond donors (Lipinski definition) is 8. The minimum Gasteiger partial charge on any atom is -0.505 e. The molecule has 1 fully saturated rings. The molecule has 9 rings (SSSR count). The molecule has 0 aliphatic carbocycles. The summed E-state index contributed by atoms with van der Waals surface area (Å²) < 4.78 is 41.5. The molecular weight excluding hydrogens is 1320 g/mol. The number of carboxylic acid groups (broad SMARTS) is 3. The van der Waals surface area contributed by atoms with Crippen molar-refractivity contribution < 1.29 is 77.2 Å². The Balaban J connectivity index is 0.000000190. The van der Waals surface area contributed by atoms with Crippen molar-refractivity contribution in [2.24, 2.45) is 0 Å². The van der Waals surface area contributed by atoms with Crippen LogP contribution in [-0.2, 0) is 25.8 Å². The van der Waals surface area contributed by atoms with E-state index in [4.69, 9.17) is 59.8 Å². The van der Waals surface area contributed by atoms with Crippen LogP contribution in [0.5, 0.6) is 34.5 Å². The third kappa shape index (κ3) is 21.7. The minimum atomic E-state index is -1.08. The lowest BCUT2D eigenvalue weighted by atomic mass is 10.2. The van der Waals surface area contributed by atoms with Crippen molar-refractivity contribution in [1.29, 1.82) is 0 Å². The number of imide groups is 1. The number of aliphatic hydroxyl groups is 1. The van der Waals surface area contributed by atoms with Gasteiger partial charge in [0.05, 0.1) is 58.3 Å². The number of carbonyl (C=O) groups is 5. The molecule has 0 atom stereocenters. The average molecular weight is 1380 g/mol. The van der Waals surface area contributed by atoms with Crippen LogP contribution in [0.15, 0.2) is 120 Å². The number of carbonyl (C=O) groups excluding carboxylic acids is 2. The fourth-order valence-electron chi connectivity index (χ4n) is 7.20. The molecule has 0 radical (unpaired) electrons. The van der Waals surface area contributed by atoms with E-state index < -0.39 is 42.3 Å². The number of aromatic nitrogens is 3. The van der Waals surface area contributed by atoms with Crippen molar-refractivity contribution >= 4 is 152 Å². The zero-order valence-corrected chi connectivity index (χ0v) is 52.4. The average Bonchev–Trinajstić information content (AvgIpc) is 4.53. The van der Waals surface area contributed by atoms with Gasteiger partial charge >= 0.3 is 17.9 Å². The number of benzene rings is 4. The summed E-state index contributed by atoms with van der Waals surface area (Å²) >= 11 is 13.9. The lowest BCUT2D eigenvalue weighted by Crippen LogP contribution is -2.19. The quantitative estimate of drug-likeness (QED) is 0.0221. The number of nitrogens with one attached hydrogen (secondary N) is 4. The number of ether oxygens (including phenoxy) is 6. The normalized spacial score (nSPS) is 12.6. The van der Waals surface area contributed by atoms with E-state index in [1.165, 1.54) is 48.2 Å². The van der Waals surface area contributed by atoms with Gasteiger partial charge in [0.2, 0.25) is 0 Å². The summed E-state index contributed by atoms with van der Waals surface area (Å²) in [6.45, 7) is 13.9. The minimum absolute atomic E-state index is 0.0583. The Labute approximate surface area is 532 Å². The van der Waals surface area contributed by atoms with Crippen LogP contribution in [0.2, 0.25) is 5.02 Å². The first-order valence-electron chi connectivity index (χ1n) is 25.4. The highest BCUT2D eigenvalue weighted by Crippen LogP contribution is 2.33. The Kier molecular flexibility index (Phi) is 25.4. The molecule has 2 amide bonds. The third-order valence-corrected chi connectivity index (χ3v) is 15.3. The van der Waals surface area contributed by atoms with Gasteiger partial charge in [0.15, 0.2) is 47.7 Å². The molecule has 464 valence electrons. The number of methoxy groups -OCH3 is 2. The van der Waals surface area contributed by atoms with Gasteiger partial charge in [0.1, 0.15) is 23.9 Å². The molecule has 1 aliphatic heterocycles. The summed E-state index contributed by atoms with van der Waals surface area (Å²) in [4.78, 5) is 97.2. The Morgan fingerprint density at radius 3 is 1.55 bits per heavy atom. The maximum absolute atomic E-state index is 11.7. The molecule has 1 saturated heterocycles. The van der Waals surface area contributed by atoms with Crippen LogP contribution < -0.4 is 78.0 Å². The number of rotatable bonds is 21. The highest BCUT2D eigenvalue weighted by Gasteiger charge is 2.25. The predicted molar refractivity (Wildman–Crippen MR) is 344 cm³/mol. The number of furan rings is 1. The van der Waals surface area contributed by atoms with Gasteiger partial charge in [-0.3, -0.25) is 34.1 Å². The molecule has 8 aromatic rings. The van der Waals surface area contributed by atoms with E-state index in [0.717, 1.165) is 21.8 Å². The molecule has 8 N–H and O–H groups in total. The van der Waals surface area contributed by atoms with Crippen LogP contribution in [0, 0.1) is 0 Å². The van der Waals surface area contributed by atoms with Gasteiger partial charge in [-0.05, 0) is 126 Å². The lowest BCUT2D eigenvalue weighted by molar-refractivity contribution is -0.140. The van der Waals surface area contributed by atoms with Crippen LogP contribution in [0.1, 0.15) is 46.6 Å². The Morgan fingerprint density at radius 1 is 0.596 bits per heavy atom. The number of thioether (sulfide) groups is 1. The van der Waals surface area contributed by atoms with Crippen LogP contribution in [0.4, 0.5) is 4.79 Å². The van der Waals surface area contributed by atoms with Crippen molar-refractivity contribution in [1.82, 2.24) is 20.3 Å². The molecule has 1 aliphatic rings. The molecule has 4 aromatic heterocycles. The van der Waals surface area contributed by atoms with E-state index in [9.17, 15) is 43.5 Å². The fraction of sp³-hybridized carbons (Fsp3) is 0.133. The molecule has 29 heteroatoms. The highest BCUT2D eigenvalue weighted by atomic mass is 79.9. The van der Waals surface area contributed by atoms with Gasteiger partial charge in [-0.1, -0.05) is 72.0 Å². The summed E-state index contributed by atoms with van der Waals surface area (Å²) in [5.41, 5.74) is 2.21. The molecular formula is C60H52BrClN4O19S4. The molecule has 0 saturated carbocycles. The molecule has 4 aromatic carbocycles. The van der Waals surface area contributed by atoms with E-state index in [1.807, 2.05) is 0 Å². The second-order valence-corrected chi connectivity index (χ2v) is 23.5. The van der Waals surface area contributed by atoms with Crippen LogP contribution in [0.3, 0.4) is 0 Å². The Bertz CT molecular complexity index is 4530. The van der Waals surface area contributed by atoms with Crippen molar-refractivity contribution in [2.75, 3.05) is 34.0 Å².